The van der Waals surface area contributed by atoms with Gasteiger partial charge in [-0.2, -0.15) is 0 Å². The minimum Gasteiger partial charge on any atom is -0.303 e. The van der Waals surface area contributed by atoms with Gasteiger partial charge in [0, 0.05) is 20.3 Å². The molecule has 1 aromatic heterocycles. The van der Waals surface area contributed by atoms with Crippen LogP contribution in [-0.4, -0.2) is 20.3 Å². The molecule has 0 unspecified atom stereocenters. The summed E-state index contributed by atoms with van der Waals surface area (Å²) in [6.07, 6.45) is 2.63. The first kappa shape index (κ1) is 12.4. The third-order valence-electron chi connectivity index (χ3n) is 2.40. The normalized spacial score (nSPS) is 17.3. The molecule has 1 N–H and O–H groups in total. The van der Waals surface area contributed by atoms with Crippen LogP contribution in [0.15, 0.2) is 20.7 Å². The van der Waals surface area contributed by atoms with E-state index in [1.807, 2.05) is 0 Å². The molecule has 2 rings (SSSR count). The quantitative estimate of drug-likeness (QED) is 0.687. The summed E-state index contributed by atoms with van der Waals surface area (Å²) < 4.78 is 2.17. The molecule has 94 valence electrons. The maximum Gasteiger partial charge on any atom is 0.330 e. The van der Waals surface area contributed by atoms with Crippen LogP contribution in [0.2, 0.25) is 0 Å². The number of aromatic nitrogens is 2. The summed E-state index contributed by atoms with van der Waals surface area (Å²) in [5.41, 5.74) is -0.799. The Labute approximate surface area is 105 Å². The van der Waals surface area contributed by atoms with E-state index in [1.165, 1.54) is 30.9 Å². The van der Waals surface area contributed by atoms with Crippen molar-refractivity contribution in [2.75, 3.05) is 0 Å². The van der Waals surface area contributed by atoms with Crippen LogP contribution in [0.3, 0.4) is 0 Å². The Bertz CT molecular complexity index is 698. The van der Waals surface area contributed by atoms with E-state index in [2.05, 4.69) is 5.32 Å². The third kappa shape index (κ3) is 2.02. The van der Waals surface area contributed by atoms with Gasteiger partial charge in [-0.25, -0.2) is 4.79 Å². The van der Waals surface area contributed by atoms with Crippen molar-refractivity contribution < 1.29 is 9.59 Å². The first-order chi connectivity index (χ1) is 8.40. The van der Waals surface area contributed by atoms with Gasteiger partial charge in [-0.1, -0.05) is 0 Å². The number of hydrogen-bond donors (Lipinski definition) is 1. The van der Waals surface area contributed by atoms with Crippen LogP contribution in [-0.2, 0) is 18.9 Å². The minimum absolute atomic E-state index is 0.135. The van der Waals surface area contributed by atoms with Crippen molar-refractivity contribution >= 4 is 29.0 Å². The Morgan fingerprint density at radius 1 is 1.22 bits per heavy atom. The smallest absolute Gasteiger partial charge is 0.303 e. The van der Waals surface area contributed by atoms with Crippen molar-refractivity contribution in [3.63, 3.8) is 0 Å². The van der Waals surface area contributed by atoms with Crippen molar-refractivity contribution in [2.45, 2.75) is 0 Å². The van der Waals surface area contributed by atoms with Gasteiger partial charge in [-0.3, -0.25) is 24.3 Å². The van der Waals surface area contributed by atoms with Crippen molar-refractivity contribution in [3.05, 3.63) is 37.5 Å². The molecule has 1 aliphatic heterocycles. The number of carbonyl (C=O) groups excluding carboxylic acids is 2. The topological polar surface area (TPSA) is 90.2 Å². The number of hydrogen-bond acceptors (Lipinski definition) is 5. The maximum absolute atomic E-state index is 11.8. The SMILES string of the molecule is Cn1cc(C=C2SC(=O)NC2=O)c(=O)n(C)c1=O. The molecule has 0 radical (unpaired) electrons. The predicted molar refractivity (Wildman–Crippen MR) is 66.0 cm³/mol. The number of carbonyl (C=O) groups is 2. The second-order valence-corrected chi connectivity index (χ2v) is 4.71. The van der Waals surface area contributed by atoms with Gasteiger partial charge in [0.1, 0.15) is 0 Å². The van der Waals surface area contributed by atoms with Crippen molar-refractivity contribution in [2.24, 2.45) is 14.1 Å². The number of imide groups is 1. The Morgan fingerprint density at radius 2 is 1.89 bits per heavy atom. The lowest BCUT2D eigenvalue weighted by Crippen LogP contribution is -2.37. The molecule has 7 nitrogen and oxygen atoms in total. The van der Waals surface area contributed by atoms with Crippen LogP contribution in [0.1, 0.15) is 5.56 Å². The first-order valence-electron chi connectivity index (χ1n) is 4.91. The Morgan fingerprint density at radius 3 is 2.44 bits per heavy atom. The summed E-state index contributed by atoms with van der Waals surface area (Å²) in [5.74, 6) is -0.541. The number of rotatable bonds is 1. The van der Waals surface area contributed by atoms with Crippen LogP contribution in [0.5, 0.6) is 0 Å². The maximum atomic E-state index is 11.8. The van der Waals surface area contributed by atoms with Gasteiger partial charge in [0.25, 0.3) is 16.7 Å². The van der Waals surface area contributed by atoms with E-state index in [-0.39, 0.29) is 10.5 Å². The molecule has 2 heterocycles. The largest absolute Gasteiger partial charge is 0.330 e. The summed E-state index contributed by atoms with van der Waals surface area (Å²) in [6.45, 7) is 0. The van der Waals surface area contributed by atoms with E-state index in [4.69, 9.17) is 0 Å². The number of amides is 2. The Balaban J connectivity index is 2.58. The van der Waals surface area contributed by atoms with E-state index < -0.39 is 22.4 Å². The van der Waals surface area contributed by atoms with E-state index >= 15 is 0 Å². The van der Waals surface area contributed by atoms with E-state index in [9.17, 15) is 19.2 Å². The summed E-state index contributed by atoms with van der Waals surface area (Å²) in [4.78, 5) is 45.7. The molecule has 0 aromatic carbocycles. The second kappa shape index (κ2) is 4.30. The molecule has 1 fully saturated rings. The summed E-state index contributed by atoms with van der Waals surface area (Å²) >= 11 is 0.719. The molecule has 1 aliphatic rings. The van der Waals surface area contributed by atoms with Crippen molar-refractivity contribution in [1.29, 1.82) is 0 Å². The highest BCUT2D eigenvalue weighted by molar-refractivity contribution is 8.18. The first-order valence-corrected chi connectivity index (χ1v) is 5.73. The number of aryl methyl sites for hydroxylation is 1. The average Bonchev–Trinajstić information content (AvgIpc) is 2.62. The zero-order valence-corrected chi connectivity index (χ0v) is 10.4. The van der Waals surface area contributed by atoms with Crippen LogP contribution in [0.25, 0.3) is 6.08 Å². The number of nitrogens with one attached hydrogen (secondary N) is 1. The van der Waals surface area contributed by atoms with Gasteiger partial charge in [-0.05, 0) is 17.8 Å². The van der Waals surface area contributed by atoms with Crippen LogP contribution >= 0.6 is 11.8 Å². The molecule has 2 amide bonds. The Hall–Kier alpha value is -2.09. The fourth-order valence-corrected chi connectivity index (χ4v) is 2.17. The fraction of sp³-hybridized carbons (Fsp3) is 0.200. The monoisotopic (exact) mass is 267 g/mol. The molecule has 0 saturated carbocycles. The lowest BCUT2D eigenvalue weighted by atomic mass is 10.3. The van der Waals surface area contributed by atoms with Crippen molar-refractivity contribution in [3.8, 4) is 0 Å². The summed E-state index contributed by atoms with van der Waals surface area (Å²) in [7, 11) is 2.84. The van der Waals surface area contributed by atoms with Gasteiger partial charge >= 0.3 is 5.69 Å². The standard InChI is InChI=1S/C10H9N3O4S/c1-12-4-5(8(15)13(2)10(12)17)3-6-7(14)11-9(16)18-6/h3-4H,1-2H3,(H,11,14,16). The summed E-state index contributed by atoms with van der Waals surface area (Å²) in [5, 5.41) is 1.61. The highest BCUT2D eigenvalue weighted by atomic mass is 32.2. The van der Waals surface area contributed by atoms with Gasteiger partial charge in [0.15, 0.2) is 0 Å². The minimum atomic E-state index is -0.541. The number of thioether (sulfide) groups is 1. The molecule has 0 aliphatic carbocycles. The fourth-order valence-electron chi connectivity index (χ4n) is 1.50. The lowest BCUT2D eigenvalue weighted by Gasteiger charge is -2.03. The lowest BCUT2D eigenvalue weighted by molar-refractivity contribution is -0.115. The predicted octanol–water partition coefficient (Wildman–Crippen LogP) is -0.592. The van der Waals surface area contributed by atoms with Gasteiger partial charge in [0.2, 0.25) is 0 Å². The highest BCUT2D eigenvalue weighted by Gasteiger charge is 2.25. The van der Waals surface area contributed by atoms with Gasteiger partial charge in [-0.15, -0.1) is 0 Å². The molecular weight excluding hydrogens is 258 g/mol. The Kier molecular flexibility index (Phi) is 2.95. The second-order valence-electron chi connectivity index (χ2n) is 3.69. The van der Waals surface area contributed by atoms with E-state index in [0.717, 1.165) is 16.3 Å². The van der Waals surface area contributed by atoms with E-state index in [0.29, 0.717) is 0 Å². The molecular formula is C10H9N3O4S. The van der Waals surface area contributed by atoms with Crippen molar-refractivity contribution in [1.82, 2.24) is 14.5 Å². The molecule has 1 saturated heterocycles. The average molecular weight is 267 g/mol. The molecule has 0 bridgehead atoms. The molecule has 0 spiro atoms. The molecule has 8 heteroatoms. The zero-order chi connectivity index (χ0) is 13.4. The van der Waals surface area contributed by atoms with Crippen LogP contribution in [0, 0.1) is 0 Å². The third-order valence-corrected chi connectivity index (χ3v) is 3.21. The summed E-state index contributed by atoms with van der Waals surface area (Å²) in [6, 6.07) is 0. The van der Waals surface area contributed by atoms with Crippen LogP contribution < -0.4 is 16.6 Å². The molecule has 1 aromatic rings. The highest BCUT2D eigenvalue weighted by Crippen LogP contribution is 2.24. The van der Waals surface area contributed by atoms with Gasteiger partial charge < -0.3 is 4.57 Å². The zero-order valence-electron chi connectivity index (χ0n) is 9.59. The van der Waals surface area contributed by atoms with Gasteiger partial charge in [0.05, 0.1) is 10.5 Å². The number of nitrogens with zero attached hydrogens (tertiary/aromatic N) is 2. The van der Waals surface area contributed by atoms with E-state index in [1.54, 1.807) is 0 Å². The molecule has 0 atom stereocenters. The molecule has 18 heavy (non-hydrogen) atoms. The van der Waals surface area contributed by atoms with Crippen LogP contribution in [0.4, 0.5) is 4.79 Å².